The molecule has 3 nitrogen and oxygen atoms in total. The molecule has 1 heterocycles. The second-order valence-electron chi connectivity index (χ2n) is 4.94. The second kappa shape index (κ2) is 6.01. The summed E-state index contributed by atoms with van der Waals surface area (Å²) in [5, 5.41) is 3.01. The molecule has 0 aliphatic carbocycles. The minimum atomic E-state index is 0.146. The number of hydrogen-bond donors (Lipinski definition) is 2. The lowest BCUT2D eigenvalue weighted by Gasteiger charge is -2.21. The Kier molecular flexibility index (Phi) is 4.37. The van der Waals surface area contributed by atoms with Gasteiger partial charge in [-0.25, -0.2) is 0 Å². The van der Waals surface area contributed by atoms with Gasteiger partial charge in [0.25, 0.3) is 0 Å². The predicted octanol–water partition coefficient (Wildman–Crippen LogP) is 2.42. The zero-order valence-corrected chi connectivity index (χ0v) is 11.1. The van der Waals surface area contributed by atoms with Crippen molar-refractivity contribution < 1.29 is 4.79 Å². The van der Waals surface area contributed by atoms with Crippen LogP contribution < -0.4 is 11.1 Å². The number of amides is 1. The molecule has 0 spiro atoms. The molecule has 1 aromatic carbocycles. The van der Waals surface area contributed by atoms with Gasteiger partial charge in [-0.3, -0.25) is 4.79 Å². The standard InChI is InChI=1S/C15H22N2O/c1-2-12-9-11(5-3-4-8-16)10-13-6-7-14(18)17-15(12)13/h9-10H,2-8,16H2,1H3,(H,17,18). The van der Waals surface area contributed by atoms with Crippen molar-refractivity contribution in [3.8, 4) is 0 Å². The molecule has 0 radical (unpaired) electrons. The summed E-state index contributed by atoms with van der Waals surface area (Å²) in [4.78, 5) is 11.5. The van der Waals surface area contributed by atoms with Crippen LogP contribution in [0.25, 0.3) is 0 Å². The predicted molar refractivity (Wildman–Crippen MR) is 74.8 cm³/mol. The smallest absolute Gasteiger partial charge is 0.224 e. The van der Waals surface area contributed by atoms with Crippen LogP contribution in [0.4, 0.5) is 5.69 Å². The number of nitrogens with two attached hydrogens (primary N) is 1. The van der Waals surface area contributed by atoms with Gasteiger partial charge >= 0.3 is 0 Å². The Morgan fingerprint density at radius 3 is 2.83 bits per heavy atom. The number of hydrogen-bond acceptors (Lipinski definition) is 2. The first-order valence-corrected chi connectivity index (χ1v) is 6.89. The highest BCUT2D eigenvalue weighted by atomic mass is 16.1. The minimum Gasteiger partial charge on any atom is -0.330 e. The molecule has 0 atom stereocenters. The average Bonchev–Trinajstić information content (AvgIpc) is 2.38. The first kappa shape index (κ1) is 13.1. The van der Waals surface area contributed by atoms with E-state index in [2.05, 4.69) is 24.4 Å². The van der Waals surface area contributed by atoms with Crippen molar-refractivity contribution in [1.29, 1.82) is 0 Å². The Labute approximate surface area is 109 Å². The largest absolute Gasteiger partial charge is 0.330 e. The summed E-state index contributed by atoms with van der Waals surface area (Å²) in [6, 6.07) is 4.49. The van der Waals surface area contributed by atoms with Crippen LogP contribution in [0, 0.1) is 0 Å². The van der Waals surface area contributed by atoms with E-state index >= 15 is 0 Å². The summed E-state index contributed by atoms with van der Waals surface area (Å²) in [5.41, 5.74) is 10.5. The van der Waals surface area contributed by atoms with Crippen LogP contribution in [0.5, 0.6) is 0 Å². The van der Waals surface area contributed by atoms with Crippen molar-refractivity contribution in [3.63, 3.8) is 0 Å². The van der Waals surface area contributed by atoms with E-state index in [4.69, 9.17) is 5.73 Å². The van der Waals surface area contributed by atoms with Crippen LogP contribution in [-0.2, 0) is 24.1 Å². The molecule has 0 bridgehead atoms. The summed E-state index contributed by atoms with van der Waals surface area (Å²) in [5.74, 6) is 0.146. The molecule has 1 aliphatic heterocycles. The number of carbonyl (C=O) groups is 1. The highest BCUT2D eigenvalue weighted by Crippen LogP contribution is 2.29. The first-order valence-electron chi connectivity index (χ1n) is 6.89. The van der Waals surface area contributed by atoms with Gasteiger partial charge in [-0.1, -0.05) is 19.1 Å². The average molecular weight is 246 g/mol. The van der Waals surface area contributed by atoms with Crippen molar-refractivity contribution in [2.75, 3.05) is 11.9 Å². The molecule has 1 aromatic rings. The summed E-state index contributed by atoms with van der Waals surface area (Å²) in [6.45, 7) is 2.90. The number of rotatable bonds is 5. The lowest BCUT2D eigenvalue weighted by Crippen LogP contribution is -2.20. The number of nitrogens with one attached hydrogen (secondary N) is 1. The van der Waals surface area contributed by atoms with Crippen molar-refractivity contribution >= 4 is 11.6 Å². The summed E-state index contributed by atoms with van der Waals surface area (Å²) < 4.78 is 0. The molecule has 0 unspecified atom stereocenters. The molecular weight excluding hydrogens is 224 g/mol. The summed E-state index contributed by atoms with van der Waals surface area (Å²) in [7, 11) is 0. The number of anilines is 1. The van der Waals surface area contributed by atoms with Gasteiger partial charge in [-0.15, -0.1) is 0 Å². The van der Waals surface area contributed by atoms with Crippen molar-refractivity contribution in [3.05, 3.63) is 28.8 Å². The topological polar surface area (TPSA) is 55.1 Å². The number of benzene rings is 1. The Morgan fingerprint density at radius 2 is 2.11 bits per heavy atom. The highest BCUT2D eigenvalue weighted by Gasteiger charge is 2.18. The van der Waals surface area contributed by atoms with Crippen LogP contribution in [0.2, 0.25) is 0 Å². The van der Waals surface area contributed by atoms with Gasteiger partial charge in [0.05, 0.1) is 0 Å². The maximum absolute atomic E-state index is 11.5. The monoisotopic (exact) mass is 246 g/mol. The zero-order valence-electron chi connectivity index (χ0n) is 11.1. The van der Waals surface area contributed by atoms with Gasteiger partial charge in [0.2, 0.25) is 5.91 Å². The number of fused-ring (bicyclic) bond motifs is 1. The minimum absolute atomic E-state index is 0.146. The van der Waals surface area contributed by atoms with Crippen molar-refractivity contribution in [2.45, 2.75) is 45.4 Å². The van der Waals surface area contributed by atoms with E-state index < -0.39 is 0 Å². The van der Waals surface area contributed by atoms with E-state index in [-0.39, 0.29) is 5.91 Å². The van der Waals surface area contributed by atoms with E-state index in [0.717, 1.165) is 44.3 Å². The molecule has 98 valence electrons. The van der Waals surface area contributed by atoms with Crippen LogP contribution in [0.3, 0.4) is 0 Å². The SMILES string of the molecule is CCc1cc(CCCCN)cc2c1NC(=O)CC2. The van der Waals surface area contributed by atoms with Gasteiger partial charge in [0.15, 0.2) is 0 Å². The maximum atomic E-state index is 11.5. The lowest BCUT2D eigenvalue weighted by molar-refractivity contribution is -0.116. The number of aryl methyl sites for hydroxylation is 3. The number of carbonyl (C=O) groups excluding carboxylic acids is 1. The molecule has 1 aliphatic rings. The second-order valence-corrected chi connectivity index (χ2v) is 4.94. The lowest BCUT2D eigenvalue weighted by atomic mass is 9.93. The Morgan fingerprint density at radius 1 is 1.28 bits per heavy atom. The van der Waals surface area contributed by atoms with Crippen molar-refractivity contribution in [2.24, 2.45) is 5.73 Å². The maximum Gasteiger partial charge on any atom is 0.224 e. The van der Waals surface area contributed by atoms with E-state index in [1.807, 2.05) is 0 Å². The van der Waals surface area contributed by atoms with E-state index in [0.29, 0.717) is 6.42 Å². The third kappa shape index (κ3) is 2.91. The van der Waals surface area contributed by atoms with E-state index in [1.54, 1.807) is 0 Å². The summed E-state index contributed by atoms with van der Waals surface area (Å²) in [6.07, 6.45) is 5.76. The van der Waals surface area contributed by atoms with Gasteiger partial charge in [0.1, 0.15) is 0 Å². The normalized spacial score (nSPS) is 14.2. The molecule has 0 aromatic heterocycles. The van der Waals surface area contributed by atoms with Crippen molar-refractivity contribution in [1.82, 2.24) is 0 Å². The third-order valence-corrected chi connectivity index (χ3v) is 3.55. The highest BCUT2D eigenvalue weighted by molar-refractivity contribution is 5.94. The van der Waals surface area contributed by atoms with Gasteiger partial charge in [-0.05, 0) is 55.3 Å². The van der Waals surface area contributed by atoms with Crippen LogP contribution in [0.15, 0.2) is 12.1 Å². The fraction of sp³-hybridized carbons (Fsp3) is 0.533. The van der Waals surface area contributed by atoms with E-state index in [9.17, 15) is 4.79 Å². The zero-order chi connectivity index (χ0) is 13.0. The van der Waals surface area contributed by atoms with Gasteiger partial charge in [0, 0.05) is 12.1 Å². The molecule has 0 saturated carbocycles. The molecule has 1 amide bonds. The van der Waals surface area contributed by atoms with Crippen LogP contribution in [0.1, 0.15) is 42.9 Å². The van der Waals surface area contributed by atoms with Crippen LogP contribution >= 0.6 is 0 Å². The third-order valence-electron chi connectivity index (χ3n) is 3.55. The van der Waals surface area contributed by atoms with Crippen LogP contribution in [-0.4, -0.2) is 12.5 Å². The molecule has 0 saturated heterocycles. The quantitative estimate of drug-likeness (QED) is 0.784. The Bertz CT molecular complexity index is 423. The summed E-state index contributed by atoms with van der Waals surface area (Å²) >= 11 is 0. The Balaban J connectivity index is 2.22. The Hall–Kier alpha value is -1.35. The molecule has 2 rings (SSSR count). The fourth-order valence-electron chi connectivity index (χ4n) is 2.54. The fourth-order valence-corrected chi connectivity index (χ4v) is 2.54. The van der Waals surface area contributed by atoms with E-state index in [1.165, 1.54) is 16.7 Å². The molecule has 3 N–H and O–H groups in total. The molecular formula is C15H22N2O. The van der Waals surface area contributed by atoms with Gasteiger partial charge < -0.3 is 11.1 Å². The first-order chi connectivity index (χ1) is 8.74. The van der Waals surface area contributed by atoms with Gasteiger partial charge in [-0.2, -0.15) is 0 Å². The molecule has 18 heavy (non-hydrogen) atoms. The molecule has 0 fully saturated rings. The number of unbranched alkanes of at least 4 members (excludes halogenated alkanes) is 1. The molecule has 3 heteroatoms.